The molecule has 0 spiro atoms. The number of hydrogen-bond donors (Lipinski definition) is 1. The van der Waals surface area contributed by atoms with Crippen molar-refractivity contribution >= 4 is 16.5 Å². The summed E-state index contributed by atoms with van der Waals surface area (Å²) in [5.74, 6) is 1.05. The highest BCUT2D eigenvalue weighted by Crippen LogP contribution is 2.15. The van der Waals surface area contributed by atoms with Crippen LogP contribution in [0.25, 0.3) is 0 Å². The Kier molecular flexibility index (Phi) is 3.30. The van der Waals surface area contributed by atoms with Crippen molar-refractivity contribution in [1.29, 1.82) is 0 Å². The van der Waals surface area contributed by atoms with Gasteiger partial charge in [0.15, 0.2) is 0 Å². The molecular formula is C10H13FN2OS. The summed E-state index contributed by atoms with van der Waals surface area (Å²) in [6, 6.07) is 3.35. The van der Waals surface area contributed by atoms with Gasteiger partial charge in [0.1, 0.15) is 0 Å². The van der Waals surface area contributed by atoms with Crippen LogP contribution in [0.15, 0.2) is 18.3 Å². The molecule has 0 aliphatic carbocycles. The molecule has 5 heteroatoms. The second kappa shape index (κ2) is 4.70. The van der Waals surface area contributed by atoms with Crippen molar-refractivity contribution in [3.05, 3.63) is 24.3 Å². The first-order valence-electron chi connectivity index (χ1n) is 4.97. The Morgan fingerprint density at radius 2 is 2.13 bits per heavy atom. The summed E-state index contributed by atoms with van der Waals surface area (Å²) in [7, 11) is -0.638. The zero-order chi connectivity index (χ0) is 10.7. The summed E-state index contributed by atoms with van der Waals surface area (Å²) >= 11 is 0. The summed E-state index contributed by atoms with van der Waals surface area (Å²) in [5, 5.41) is 3.26. The van der Waals surface area contributed by atoms with Crippen LogP contribution >= 0.6 is 0 Å². The van der Waals surface area contributed by atoms with E-state index in [0.29, 0.717) is 6.04 Å². The van der Waals surface area contributed by atoms with Gasteiger partial charge < -0.3 is 5.32 Å². The number of rotatable bonds is 2. The van der Waals surface area contributed by atoms with E-state index >= 15 is 0 Å². The van der Waals surface area contributed by atoms with E-state index in [9.17, 15) is 8.60 Å². The lowest BCUT2D eigenvalue weighted by atomic mass is 10.1. The third-order valence-corrected chi connectivity index (χ3v) is 3.87. The average molecular weight is 228 g/mol. The number of pyridine rings is 1. The van der Waals surface area contributed by atoms with E-state index < -0.39 is 16.7 Å². The summed E-state index contributed by atoms with van der Waals surface area (Å²) in [6.45, 7) is 0. The van der Waals surface area contributed by atoms with Gasteiger partial charge in [0, 0.05) is 28.3 Å². The maximum Gasteiger partial charge on any atom is 0.212 e. The van der Waals surface area contributed by atoms with E-state index in [1.54, 1.807) is 6.07 Å². The molecule has 1 aliphatic rings. The molecule has 3 nitrogen and oxygen atoms in total. The van der Waals surface area contributed by atoms with E-state index in [-0.39, 0.29) is 0 Å². The molecule has 1 fully saturated rings. The summed E-state index contributed by atoms with van der Waals surface area (Å²) < 4.78 is 23.7. The third-order valence-electron chi connectivity index (χ3n) is 2.49. The molecule has 0 amide bonds. The fourth-order valence-corrected chi connectivity index (χ4v) is 2.93. The minimum Gasteiger partial charge on any atom is -0.381 e. The van der Waals surface area contributed by atoms with Crippen LogP contribution in [0.4, 0.5) is 10.1 Å². The number of anilines is 1. The highest BCUT2D eigenvalue weighted by molar-refractivity contribution is 7.85. The van der Waals surface area contributed by atoms with Gasteiger partial charge in [-0.2, -0.15) is 4.39 Å². The molecule has 15 heavy (non-hydrogen) atoms. The normalized spacial score (nSPS) is 26.2. The highest BCUT2D eigenvalue weighted by atomic mass is 32.2. The van der Waals surface area contributed by atoms with Gasteiger partial charge in [0.25, 0.3) is 0 Å². The SMILES string of the molecule is O=S1CCC(Nc2ccc(F)nc2)CC1. The van der Waals surface area contributed by atoms with Crippen LogP contribution in [0.5, 0.6) is 0 Å². The Hall–Kier alpha value is -0.970. The molecule has 0 radical (unpaired) electrons. The zero-order valence-electron chi connectivity index (χ0n) is 8.28. The Labute approximate surface area is 90.6 Å². The van der Waals surface area contributed by atoms with Crippen molar-refractivity contribution in [3.63, 3.8) is 0 Å². The van der Waals surface area contributed by atoms with Gasteiger partial charge in [-0.05, 0) is 25.0 Å². The fourth-order valence-electron chi connectivity index (χ4n) is 1.64. The maximum atomic E-state index is 12.5. The van der Waals surface area contributed by atoms with E-state index in [0.717, 1.165) is 30.0 Å². The first-order valence-corrected chi connectivity index (χ1v) is 6.46. The maximum absolute atomic E-state index is 12.5. The highest BCUT2D eigenvalue weighted by Gasteiger charge is 2.17. The number of aromatic nitrogens is 1. The second-order valence-corrected chi connectivity index (χ2v) is 5.33. The number of halogens is 1. The van der Waals surface area contributed by atoms with Gasteiger partial charge >= 0.3 is 0 Å². The lowest BCUT2D eigenvalue weighted by molar-refractivity contribution is 0.583. The van der Waals surface area contributed by atoms with Gasteiger partial charge in [-0.25, -0.2) is 4.98 Å². The first-order chi connectivity index (χ1) is 7.24. The molecule has 0 atom stereocenters. The molecule has 0 bridgehead atoms. The Morgan fingerprint density at radius 1 is 1.40 bits per heavy atom. The number of hydrogen-bond acceptors (Lipinski definition) is 3. The number of nitrogens with zero attached hydrogens (tertiary/aromatic N) is 1. The lowest BCUT2D eigenvalue weighted by Crippen LogP contribution is -2.29. The van der Waals surface area contributed by atoms with Gasteiger partial charge in [0.05, 0.1) is 11.9 Å². The summed E-state index contributed by atoms with van der Waals surface area (Å²) in [6.07, 6.45) is 3.30. The van der Waals surface area contributed by atoms with E-state index in [2.05, 4.69) is 10.3 Å². The molecule has 1 saturated heterocycles. The van der Waals surface area contributed by atoms with Crippen LogP contribution in [-0.2, 0) is 10.8 Å². The molecule has 0 aromatic carbocycles. The predicted octanol–water partition coefficient (Wildman–Crippen LogP) is 1.54. The average Bonchev–Trinajstić information content (AvgIpc) is 2.25. The Morgan fingerprint density at radius 3 is 2.73 bits per heavy atom. The Bertz CT molecular complexity index is 345. The standard InChI is InChI=1S/C10H13FN2OS/c11-10-2-1-9(7-12-10)13-8-3-5-15(14)6-4-8/h1-2,7-8,13H,3-6H2. The van der Waals surface area contributed by atoms with Crippen LogP contribution in [0.1, 0.15) is 12.8 Å². The van der Waals surface area contributed by atoms with Gasteiger partial charge in [0.2, 0.25) is 5.95 Å². The molecule has 0 unspecified atom stereocenters. The zero-order valence-corrected chi connectivity index (χ0v) is 9.10. The Balaban J connectivity index is 1.91. The molecule has 1 aliphatic heterocycles. The lowest BCUT2D eigenvalue weighted by Gasteiger charge is -2.23. The van der Waals surface area contributed by atoms with E-state index in [1.165, 1.54) is 12.3 Å². The smallest absolute Gasteiger partial charge is 0.212 e. The van der Waals surface area contributed by atoms with Crippen molar-refractivity contribution in [2.24, 2.45) is 0 Å². The monoisotopic (exact) mass is 228 g/mol. The van der Waals surface area contributed by atoms with Crippen molar-refractivity contribution in [3.8, 4) is 0 Å². The minimum absolute atomic E-state index is 0.343. The van der Waals surface area contributed by atoms with E-state index in [4.69, 9.17) is 0 Å². The van der Waals surface area contributed by atoms with Gasteiger partial charge in [-0.1, -0.05) is 0 Å². The molecular weight excluding hydrogens is 215 g/mol. The number of nitrogens with one attached hydrogen (secondary N) is 1. The van der Waals surface area contributed by atoms with Crippen LogP contribution in [-0.4, -0.2) is 26.7 Å². The molecule has 1 N–H and O–H groups in total. The second-order valence-electron chi connectivity index (χ2n) is 3.64. The topological polar surface area (TPSA) is 42.0 Å². The van der Waals surface area contributed by atoms with Crippen LogP contribution < -0.4 is 5.32 Å². The van der Waals surface area contributed by atoms with Crippen molar-refractivity contribution in [2.75, 3.05) is 16.8 Å². The van der Waals surface area contributed by atoms with Crippen LogP contribution in [0, 0.1) is 5.95 Å². The van der Waals surface area contributed by atoms with Crippen molar-refractivity contribution in [2.45, 2.75) is 18.9 Å². The van der Waals surface area contributed by atoms with Crippen molar-refractivity contribution in [1.82, 2.24) is 4.98 Å². The summed E-state index contributed by atoms with van der Waals surface area (Å²) in [5.41, 5.74) is 0.828. The molecule has 0 saturated carbocycles. The largest absolute Gasteiger partial charge is 0.381 e. The fraction of sp³-hybridized carbons (Fsp3) is 0.500. The molecule has 2 heterocycles. The quantitative estimate of drug-likeness (QED) is 0.781. The molecule has 82 valence electrons. The third kappa shape index (κ3) is 2.99. The molecule has 1 aromatic rings. The van der Waals surface area contributed by atoms with Crippen LogP contribution in [0.3, 0.4) is 0 Å². The molecule has 1 aromatic heterocycles. The van der Waals surface area contributed by atoms with Crippen LogP contribution in [0.2, 0.25) is 0 Å². The predicted molar refractivity (Wildman–Crippen MR) is 58.7 cm³/mol. The van der Waals surface area contributed by atoms with Gasteiger partial charge in [-0.3, -0.25) is 4.21 Å². The van der Waals surface area contributed by atoms with Gasteiger partial charge in [-0.15, -0.1) is 0 Å². The van der Waals surface area contributed by atoms with E-state index in [1.807, 2.05) is 0 Å². The molecule has 2 rings (SSSR count). The summed E-state index contributed by atoms with van der Waals surface area (Å²) in [4.78, 5) is 3.57. The van der Waals surface area contributed by atoms with Crippen molar-refractivity contribution < 1.29 is 8.60 Å². The minimum atomic E-state index is -0.638. The first kappa shape index (κ1) is 10.5.